The summed E-state index contributed by atoms with van der Waals surface area (Å²) in [6, 6.07) is 13.0. The summed E-state index contributed by atoms with van der Waals surface area (Å²) in [7, 11) is 1.57. The Morgan fingerprint density at radius 3 is 2.75 bits per heavy atom. The maximum absolute atomic E-state index is 11.4. The largest absolute Gasteiger partial charge is 0.495 e. The van der Waals surface area contributed by atoms with Gasteiger partial charge in [0.25, 0.3) is 0 Å². The summed E-state index contributed by atoms with van der Waals surface area (Å²) in [5.74, 6) is -0.542. The first kappa shape index (κ1) is 18.7. The van der Waals surface area contributed by atoms with Crippen molar-refractivity contribution in [3.05, 3.63) is 60.3 Å². The molecule has 140 valence electrons. The van der Waals surface area contributed by atoms with E-state index in [9.17, 15) is 9.90 Å². The number of anilines is 2. The van der Waals surface area contributed by atoms with E-state index in [1.807, 2.05) is 36.4 Å². The molecule has 0 unspecified atom stereocenters. The zero-order valence-electron chi connectivity index (χ0n) is 15.2. The number of nitrogens with one attached hydrogen (secondary N) is 1. The Bertz CT molecular complexity index is 1130. The number of methoxy groups -OCH3 is 1. The van der Waals surface area contributed by atoms with Crippen LogP contribution < -0.4 is 15.8 Å². The van der Waals surface area contributed by atoms with Crippen molar-refractivity contribution in [3.8, 4) is 22.9 Å². The zero-order valence-corrected chi connectivity index (χ0v) is 15.2. The Balaban J connectivity index is 2.14. The lowest BCUT2D eigenvalue weighted by Crippen LogP contribution is -2.05. The van der Waals surface area contributed by atoms with Gasteiger partial charge in [0, 0.05) is 29.3 Å². The molecule has 0 radical (unpaired) electrons. The molecule has 0 aliphatic rings. The second-order valence-electron chi connectivity index (χ2n) is 6.11. The van der Waals surface area contributed by atoms with Crippen LogP contribution in [-0.4, -0.2) is 29.7 Å². The lowest BCUT2D eigenvalue weighted by Gasteiger charge is -2.15. The molecule has 2 aromatic carbocycles. The van der Waals surface area contributed by atoms with E-state index in [2.05, 4.69) is 16.9 Å². The molecule has 3 rings (SSSR count). The summed E-state index contributed by atoms with van der Waals surface area (Å²) in [5, 5.41) is 23.2. The van der Waals surface area contributed by atoms with Crippen LogP contribution in [0.25, 0.3) is 21.9 Å². The summed E-state index contributed by atoms with van der Waals surface area (Å²) in [5.41, 5.74) is 8.12. The highest BCUT2D eigenvalue weighted by molar-refractivity contribution is 6.00. The molecule has 1 aromatic heterocycles. The van der Waals surface area contributed by atoms with Crippen molar-refractivity contribution in [3.63, 3.8) is 0 Å². The number of carboxylic acids is 1. The molecule has 1 heterocycles. The van der Waals surface area contributed by atoms with Gasteiger partial charge in [0.1, 0.15) is 17.1 Å². The van der Waals surface area contributed by atoms with Gasteiger partial charge in [0.2, 0.25) is 0 Å². The number of fused-ring (bicyclic) bond motifs is 1. The molecule has 0 fully saturated rings. The second-order valence-corrected chi connectivity index (χ2v) is 6.11. The zero-order chi connectivity index (χ0) is 20.3. The van der Waals surface area contributed by atoms with Crippen LogP contribution in [0.15, 0.2) is 54.7 Å². The molecule has 0 bridgehead atoms. The number of carbonyl (C=O) groups is 1. The van der Waals surface area contributed by atoms with Gasteiger partial charge in [-0.3, -0.25) is 0 Å². The number of nitrogen functional groups attached to an aromatic ring is 1. The van der Waals surface area contributed by atoms with Crippen molar-refractivity contribution >= 4 is 28.2 Å². The number of rotatable bonds is 6. The lowest BCUT2D eigenvalue weighted by molar-refractivity contribution is 0.0697. The van der Waals surface area contributed by atoms with Gasteiger partial charge < -0.3 is 20.9 Å². The number of nitrogens with zero attached hydrogens (tertiary/aromatic N) is 2. The maximum Gasteiger partial charge on any atom is 0.339 e. The average Bonchev–Trinajstić information content (AvgIpc) is 2.71. The number of aromatic carboxylic acids is 1. The number of aromatic nitrogens is 1. The molecule has 0 aliphatic carbocycles. The predicted octanol–water partition coefficient (Wildman–Crippen LogP) is 3.68. The van der Waals surface area contributed by atoms with Gasteiger partial charge in [-0.05, 0) is 29.1 Å². The van der Waals surface area contributed by atoms with Gasteiger partial charge in [-0.1, -0.05) is 24.8 Å². The molecular weight excluding hydrogens is 356 g/mol. The van der Waals surface area contributed by atoms with Crippen molar-refractivity contribution in [1.82, 2.24) is 4.98 Å². The molecule has 3 aromatic rings. The van der Waals surface area contributed by atoms with Crippen molar-refractivity contribution in [2.75, 3.05) is 24.7 Å². The monoisotopic (exact) mass is 374 g/mol. The predicted molar refractivity (Wildman–Crippen MR) is 108 cm³/mol. The lowest BCUT2D eigenvalue weighted by atomic mass is 9.99. The molecule has 0 saturated carbocycles. The van der Waals surface area contributed by atoms with Gasteiger partial charge in [-0.25, -0.2) is 9.78 Å². The van der Waals surface area contributed by atoms with Crippen molar-refractivity contribution < 1.29 is 14.6 Å². The topological polar surface area (TPSA) is 121 Å². The van der Waals surface area contributed by atoms with E-state index in [0.717, 1.165) is 22.0 Å². The summed E-state index contributed by atoms with van der Waals surface area (Å²) in [4.78, 5) is 15.3. The second kappa shape index (κ2) is 7.68. The minimum atomic E-state index is -1.13. The van der Waals surface area contributed by atoms with Crippen LogP contribution in [0, 0.1) is 11.3 Å². The number of hydrogen-bond acceptors (Lipinski definition) is 6. The number of benzene rings is 2. The molecule has 7 nitrogen and oxygen atoms in total. The van der Waals surface area contributed by atoms with Crippen LogP contribution in [0.4, 0.5) is 11.5 Å². The molecular formula is C21H18N4O3. The highest BCUT2D eigenvalue weighted by atomic mass is 16.5. The molecule has 0 aliphatic heterocycles. The Morgan fingerprint density at radius 2 is 2.07 bits per heavy atom. The molecule has 28 heavy (non-hydrogen) atoms. The third kappa shape index (κ3) is 3.57. The Labute approximate surface area is 161 Å². The van der Waals surface area contributed by atoms with Crippen molar-refractivity contribution in [1.29, 1.82) is 5.26 Å². The summed E-state index contributed by atoms with van der Waals surface area (Å²) < 4.78 is 5.45. The first-order valence-electron chi connectivity index (χ1n) is 8.36. The average molecular weight is 374 g/mol. The molecule has 0 saturated heterocycles. The van der Waals surface area contributed by atoms with Crippen LogP contribution >= 0.6 is 0 Å². The van der Waals surface area contributed by atoms with Gasteiger partial charge in [-0.2, -0.15) is 5.26 Å². The number of pyridine rings is 1. The van der Waals surface area contributed by atoms with Gasteiger partial charge >= 0.3 is 5.97 Å². The Morgan fingerprint density at radius 1 is 1.32 bits per heavy atom. The van der Waals surface area contributed by atoms with Gasteiger partial charge in [0.05, 0.1) is 18.9 Å². The first-order valence-corrected chi connectivity index (χ1v) is 8.36. The molecule has 4 N–H and O–H groups in total. The van der Waals surface area contributed by atoms with Crippen LogP contribution in [0.5, 0.6) is 5.75 Å². The van der Waals surface area contributed by atoms with Crippen LogP contribution in [0.1, 0.15) is 10.4 Å². The Kier molecular flexibility index (Phi) is 5.14. The molecule has 0 atom stereocenters. The fourth-order valence-electron chi connectivity index (χ4n) is 2.87. The highest BCUT2D eigenvalue weighted by Crippen LogP contribution is 2.36. The number of hydrogen-bond donors (Lipinski definition) is 3. The fraction of sp³-hybridized carbons (Fsp3) is 0.0952. The van der Waals surface area contributed by atoms with Gasteiger partial charge in [-0.15, -0.1) is 0 Å². The van der Waals surface area contributed by atoms with E-state index >= 15 is 0 Å². The van der Waals surface area contributed by atoms with Crippen LogP contribution in [-0.2, 0) is 0 Å². The SMILES string of the molecule is C=C(C#N)CNc1c(OC)ccc2ccc(-c3cnc(N)c(C(=O)O)c3)cc12. The third-order valence-corrected chi connectivity index (χ3v) is 4.32. The summed E-state index contributed by atoms with van der Waals surface area (Å²) in [6.45, 7) is 3.96. The smallest absolute Gasteiger partial charge is 0.339 e. The van der Waals surface area contributed by atoms with E-state index in [1.165, 1.54) is 12.3 Å². The minimum absolute atomic E-state index is 0.0314. The highest BCUT2D eigenvalue weighted by Gasteiger charge is 2.13. The Hall–Kier alpha value is -4.05. The first-order chi connectivity index (χ1) is 13.4. The van der Waals surface area contributed by atoms with E-state index in [0.29, 0.717) is 16.9 Å². The summed E-state index contributed by atoms with van der Waals surface area (Å²) in [6.07, 6.45) is 1.54. The standard InChI is InChI=1S/C21H18N4O3/c1-12(9-22)10-24-19-16-7-14(4-3-13(16)5-6-18(19)28-2)15-8-17(21(26)27)20(23)25-11-15/h3-8,11,24H,1,10H2,2H3,(H2,23,25)(H,26,27). The quantitative estimate of drug-likeness (QED) is 0.563. The van der Waals surface area contributed by atoms with E-state index in [1.54, 1.807) is 7.11 Å². The number of nitrogens with two attached hydrogens (primary N) is 1. The van der Waals surface area contributed by atoms with Crippen molar-refractivity contribution in [2.45, 2.75) is 0 Å². The molecule has 7 heteroatoms. The number of ether oxygens (including phenoxy) is 1. The molecule has 0 amide bonds. The number of carboxylic acid groups (broad SMARTS) is 1. The summed E-state index contributed by atoms with van der Waals surface area (Å²) >= 11 is 0. The van der Waals surface area contributed by atoms with Crippen LogP contribution in [0.2, 0.25) is 0 Å². The van der Waals surface area contributed by atoms with Crippen LogP contribution in [0.3, 0.4) is 0 Å². The maximum atomic E-state index is 11.4. The normalized spacial score (nSPS) is 10.3. The van der Waals surface area contributed by atoms with Gasteiger partial charge in [0.15, 0.2) is 0 Å². The molecule has 0 spiro atoms. The van der Waals surface area contributed by atoms with Crippen molar-refractivity contribution in [2.24, 2.45) is 0 Å². The minimum Gasteiger partial charge on any atom is -0.495 e. The van der Waals surface area contributed by atoms with E-state index in [-0.39, 0.29) is 17.9 Å². The van der Waals surface area contributed by atoms with E-state index in [4.69, 9.17) is 15.7 Å². The fourth-order valence-corrected chi connectivity index (χ4v) is 2.87. The third-order valence-electron chi connectivity index (χ3n) is 4.32. The van der Waals surface area contributed by atoms with E-state index < -0.39 is 5.97 Å². The number of nitriles is 1.